The van der Waals surface area contributed by atoms with Crippen LogP contribution >= 0.6 is 11.6 Å². The molecule has 1 saturated heterocycles. The van der Waals surface area contributed by atoms with Gasteiger partial charge in [-0.2, -0.15) is 0 Å². The van der Waals surface area contributed by atoms with Crippen molar-refractivity contribution in [1.29, 1.82) is 0 Å². The summed E-state index contributed by atoms with van der Waals surface area (Å²) in [4.78, 5) is 0. The predicted molar refractivity (Wildman–Crippen MR) is 66.4 cm³/mol. The average Bonchev–Trinajstić information content (AvgIpc) is 2.38. The van der Waals surface area contributed by atoms with Gasteiger partial charge in [0.05, 0.1) is 18.2 Å². The summed E-state index contributed by atoms with van der Waals surface area (Å²) in [6.07, 6.45) is 2.10. The van der Waals surface area contributed by atoms with Gasteiger partial charge in [-0.15, -0.1) is 0 Å². The van der Waals surface area contributed by atoms with E-state index in [4.69, 9.17) is 26.2 Å². The number of hydrogen-bond donors (Lipinski definition) is 1. The molecule has 4 heteroatoms. The Bertz CT molecular complexity index is 362. The van der Waals surface area contributed by atoms with Crippen LogP contribution in [0.25, 0.3) is 0 Å². The van der Waals surface area contributed by atoms with E-state index in [1.54, 1.807) is 6.07 Å². The standard InChI is InChI=1S/C13H17ClO3/c14-12-7-11(8-15)1-2-13(12)17-9-10-3-5-16-6-4-10/h1-2,7,10,15H,3-6,8-9H2. The Hall–Kier alpha value is -0.770. The minimum absolute atomic E-state index is 0.0000359. The molecule has 1 fully saturated rings. The van der Waals surface area contributed by atoms with E-state index in [1.165, 1.54) is 0 Å². The van der Waals surface area contributed by atoms with Crippen molar-refractivity contribution in [3.8, 4) is 5.75 Å². The van der Waals surface area contributed by atoms with Crippen molar-refractivity contribution in [2.45, 2.75) is 19.4 Å². The second kappa shape index (κ2) is 6.24. The Kier molecular flexibility index (Phi) is 4.66. The van der Waals surface area contributed by atoms with Gasteiger partial charge < -0.3 is 14.6 Å². The summed E-state index contributed by atoms with van der Waals surface area (Å²) in [7, 11) is 0. The second-order valence-electron chi connectivity index (χ2n) is 4.29. The molecule has 3 nitrogen and oxygen atoms in total. The quantitative estimate of drug-likeness (QED) is 0.900. The van der Waals surface area contributed by atoms with Gasteiger partial charge >= 0.3 is 0 Å². The topological polar surface area (TPSA) is 38.7 Å². The van der Waals surface area contributed by atoms with Crippen LogP contribution in [0.2, 0.25) is 5.02 Å². The van der Waals surface area contributed by atoms with Crippen LogP contribution in [0.3, 0.4) is 0 Å². The summed E-state index contributed by atoms with van der Waals surface area (Å²) in [5.41, 5.74) is 0.799. The van der Waals surface area contributed by atoms with Gasteiger partial charge in [-0.1, -0.05) is 17.7 Å². The van der Waals surface area contributed by atoms with Crippen molar-refractivity contribution >= 4 is 11.6 Å². The van der Waals surface area contributed by atoms with Crippen molar-refractivity contribution in [2.24, 2.45) is 5.92 Å². The maximum absolute atomic E-state index is 8.97. The third kappa shape index (κ3) is 3.60. The molecule has 0 atom stereocenters. The maximum atomic E-state index is 8.97. The molecule has 0 bridgehead atoms. The number of aliphatic hydroxyl groups excluding tert-OH is 1. The van der Waals surface area contributed by atoms with Gasteiger partial charge in [-0.05, 0) is 36.5 Å². The molecule has 1 aliphatic rings. The van der Waals surface area contributed by atoms with Crippen LogP contribution in [-0.2, 0) is 11.3 Å². The molecule has 94 valence electrons. The molecule has 0 saturated carbocycles. The van der Waals surface area contributed by atoms with E-state index in [2.05, 4.69) is 0 Å². The molecule has 0 amide bonds. The van der Waals surface area contributed by atoms with E-state index in [9.17, 15) is 0 Å². The van der Waals surface area contributed by atoms with Crippen molar-refractivity contribution < 1.29 is 14.6 Å². The molecular formula is C13H17ClO3. The molecule has 0 radical (unpaired) electrons. The Morgan fingerprint density at radius 1 is 1.35 bits per heavy atom. The van der Waals surface area contributed by atoms with Gasteiger partial charge in [0.15, 0.2) is 0 Å². The number of aliphatic hydroxyl groups is 1. The summed E-state index contributed by atoms with van der Waals surface area (Å²) < 4.78 is 11.0. The van der Waals surface area contributed by atoms with Crippen LogP contribution in [0.1, 0.15) is 18.4 Å². The van der Waals surface area contributed by atoms with Crippen LogP contribution in [0, 0.1) is 5.92 Å². The SMILES string of the molecule is OCc1ccc(OCC2CCOCC2)c(Cl)c1. The predicted octanol–water partition coefficient (Wildman–Crippen LogP) is 2.64. The number of benzene rings is 1. The third-order valence-electron chi connectivity index (χ3n) is 2.99. The molecule has 0 spiro atoms. The van der Waals surface area contributed by atoms with E-state index < -0.39 is 0 Å². The van der Waals surface area contributed by atoms with Crippen LogP contribution in [-0.4, -0.2) is 24.9 Å². The molecular weight excluding hydrogens is 240 g/mol. The average molecular weight is 257 g/mol. The molecule has 2 rings (SSSR count). The highest BCUT2D eigenvalue weighted by Crippen LogP contribution is 2.27. The molecule has 1 aromatic carbocycles. The normalized spacial score (nSPS) is 17.1. The third-order valence-corrected chi connectivity index (χ3v) is 3.29. The van der Waals surface area contributed by atoms with E-state index in [0.717, 1.165) is 31.6 Å². The van der Waals surface area contributed by atoms with Gasteiger partial charge in [0.25, 0.3) is 0 Å². The Balaban J connectivity index is 1.89. The van der Waals surface area contributed by atoms with Crippen molar-refractivity contribution in [3.05, 3.63) is 28.8 Å². The molecule has 1 aliphatic heterocycles. The first kappa shape index (κ1) is 12.7. The lowest BCUT2D eigenvalue weighted by Gasteiger charge is -2.22. The number of ether oxygens (including phenoxy) is 2. The smallest absolute Gasteiger partial charge is 0.137 e. The fourth-order valence-corrected chi connectivity index (χ4v) is 2.14. The van der Waals surface area contributed by atoms with E-state index >= 15 is 0 Å². The van der Waals surface area contributed by atoms with E-state index in [-0.39, 0.29) is 6.61 Å². The first-order valence-electron chi connectivity index (χ1n) is 5.89. The molecule has 17 heavy (non-hydrogen) atoms. The maximum Gasteiger partial charge on any atom is 0.137 e. The van der Waals surface area contributed by atoms with Gasteiger partial charge in [-0.3, -0.25) is 0 Å². The summed E-state index contributed by atoms with van der Waals surface area (Å²) in [6, 6.07) is 5.37. The molecule has 1 aromatic rings. The first-order chi connectivity index (χ1) is 8.29. The highest BCUT2D eigenvalue weighted by Gasteiger charge is 2.15. The summed E-state index contributed by atoms with van der Waals surface area (Å²) in [5, 5.41) is 9.53. The lowest BCUT2D eigenvalue weighted by atomic mass is 10.0. The zero-order valence-corrected chi connectivity index (χ0v) is 10.4. The largest absolute Gasteiger partial charge is 0.492 e. The van der Waals surface area contributed by atoms with Crippen LogP contribution in [0.5, 0.6) is 5.75 Å². The van der Waals surface area contributed by atoms with Crippen molar-refractivity contribution in [1.82, 2.24) is 0 Å². The van der Waals surface area contributed by atoms with Gasteiger partial charge in [0.1, 0.15) is 5.75 Å². The van der Waals surface area contributed by atoms with Crippen LogP contribution in [0.15, 0.2) is 18.2 Å². The summed E-state index contributed by atoms with van der Waals surface area (Å²) >= 11 is 6.07. The molecule has 0 unspecified atom stereocenters. The van der Waals surface area contributed by atoms with Gasteiger partial charge in [0, 0.05) is 13.2 Å². The zero-order chi connectivity index (χ0) is 12.1. The van der Waals surface area contributed by atoms with Crippen LogP contribution < -0.4 is 4.74 Å². The Morgan fingerprint density at radius 3 is 2.76 bits per heavy atom. The minimum Gasteiger partial charge on any atom is -0.492 e. The van der Waals surface area contributed by atoms with E-state index in [0.29, 0.717) is 23.3 Å². The molecule has 1 heterocycles. The lowest BCUT2D eigenvalue weighted by molar-refractivity contribution is 0.0497. The number of rotatable bonds is 4. The van der Waals surface area contributed by atoms with Gasteiger partial charge in [0.2, 0.25) is 0 Å². The fourth-order valence-electron chi connectivity index (χ4n) is 1.88. The lowest BCUT2D eigenvalue weighted by Crippen LogP contribution is -2.21. The number of hydrogen-bond acceptors (Lipinski definition) is 3. The molecule has 1 N–H and O–H groups in total. The highest BCUT2D eigenvalue weighted by atomic mass is 35.5. The highest BCUT2D eigenvalue weighted by molar-refractivity contribution is 6.32. The monoisotopic (exact) mass is 256 g/mol. The van der Waals surface area contributed by atoms with Gasteiger partial charge in [-0.25, -0.2) is 0 Å². The fraction of sp³-hybridized carbons (Fsp3) is 0.538. The second-order valence-corrected chi connectivity index (χ2v) is 4.70. The number of halogens is 1. The van der Waals surface area contributed by atoms with Crippen molar-refractivity contribution in [3.63, 3.8) is 0 Å². The molecule has 0 aliphatic carbocycles. The summed E-state index contributed by atoms with van der Waals surface area (Å²) in [5.74, 6) is 1.24. The van der Waals surface area contributed by atoms with Crippen LogP contribution in [0.4, 0.5) is 0 Å². The first-order valence-corrected chi connectivity index (χ1v) is 6.27. The molecule has 0 aromatic heterocycles. The Labute approximate surface area is 106 Å². The Morgan fingerprint density at radius 2 is 2.12 bits per heavy atom. The van der Waals surface area contributed by atoms with E-state index in [1.807, 2.05) is 12.1 Å². The van der Waals surface area contributed by atoms with Crippen molar-refractivity contribution in [2.75, 3.05) is 19.8 Å². The zero-order valence-electron chi connectivity index (χ0n) is 9.69. The minimum atomic E-state index is -0.0000359. The summed E-state index contributed by atoms with van der Waals surface area (Å²) in [6.45, 7) is 2.33.